The van der Waals surface area contributed by atoms with Crippen molar-refractivity contribution in [1.29, 1.82) is 0 Å². The first-order valence-electron chi connectivity index (χ1n) is 8.63. The number of nitrogens with zero attached hydrogens (tertiary/aromatic N) is 1. The number of aryl methyl sites for hydroxylation is 1. The molecule has 1 amide bonds. The third-order valence-electron chi connectivity index (χ3n) is 4.74. The number of phenolic OH excluding ortho intramolecular Hbond substituents is 1. The number of benzene rings is 1. The Hall–Kier alpha value is -2.09. The van der Waals surface area contributed by atoms with E-state index < -0.39 is 34.4 Å². The molecular formula is C18H25NO6S. The van der Waals surface area contributed by atoms with Gasteiger partial charge in [-0.1, -0.05) is 19.1 Å². The summed E-state index contributed by atoms with van der Waals surface area (Å²) in [7, 11) is -3.14. The Labute approximate surface area is 153 Å². The highest BCUT2D eigenvalue weighted by molar-refractivity contribution is 7.91. The highest BCUT2D eigenvalue weighted by atomic mass is 32.2. The van der Waals surface area contributed by atoms with E-state index in [1.807, 2.05) is 13.8 Å². The first kappa shape index (κ1) is 20.2. The number of esters is 1. The number of carbonyl (C=O) groups excluding carboxylic acids is 2. The highest BCUT2D eigenvalue weighted by Gasteiger charge is 2.36. The number of phenols is 1. The van der Waals surface area contributed by atoms with Gasteiger partial charge in [-0.3, -0.25) is 4.79 Å². The Bertz CT molecular complexity index is 789. The van der Waals surface area contributed by atoms with E-state index in [9.17, 15) is 23.1 Å². The van der Waals surface area contributed by atoms with E-state index in [0.717, 1.165) is 0 Å². The molecule has 1 aromatic rings. The Kier molecular flexibility index (Phi) is 6.28. The van der Waals surface area contributed by atoms with Crippen molar-refractivity contribution in [1.82, 2.24) is 4.90 Å². The Morgan fingerprint density at radius 3 is 2.65 bits per heavy atom. The number of sulfone groups is 1. The molecule has 2 unspecified atom stereocenters. The van der Waals surface area contributed by atoms with Crippen LogP contribution in [-0.2, 0) is 19.4 Å². The molecule has 2 atom stereocenters. The van der Waals surface area contributed by atoms with Crippen LogP contribution < -0.4 is 0 Å². The molecule has 8 heteroatoms. The number of ether oxygens (including phenoxy) is 1. The summed E-state index contributed by atoms with van der Waals surface area (Å²) >= 11 is 0. The van der Waals surface area contributed by atoms with Crippen molar-refractivity contribution >= 4 is 21.7 Å². The van der Waals surface area contributed by atoms with Crippen LogP contribution in [0.4, 0.5) is 0 Å². The molecule has 0 bridgehead atoms. The molecule has 0 radical (unpaired) electrons. The summed E-state index contributed by atoms with van der Waals surface area (Å²) in [5.74, 6) is -1.39. The van der Waals surface area contributed by atoms with Crippen molar-refractivity contribution in [2.45, 2.75) is 45.7 Å². The molecule has 1 saturated heterocycles. The second kappa shape index (κ2) is 8.07. The van der Waals surface area contributed by atoms with E-state index in [1.165, 1.54) is 11.0 Å². The van der Waals surface area contributed by atoms with Gasteiger partial charge in [-0.05, 0) is 38.3 Å². The fraction of sp³-hybridized carbons (Fsp3) is 0.556. The van der Waals surface area contributed by atoms with E-state index in [-0.39, 0.29) is 28.9 Å². The Morgan fingerprint density at radius 1 is 1.38 bits per heavy atom. The monoisotopic (exact) mass is 383 g/mol. The fourth-order valence-corrected chi connectivity index (χ4v) is 4.82. The first-order chi connectivity index (χ1) is 12.2. The number of hydrogen-bond donors (Lipinski definition) is 1. The first-order valence-corrected chi connectivity index (χ1v) is 10.5. The van der Waals surface area contributed by atoms with Crippen LogP contribution in [0.1, 0.15) is 42.6 Å². The van der Waals surface area contributed by atoms with Crippen LogP contribution in [-0.4, -0.2) is 60.5 Å². The molecule has 0 aromatic heterocycles. The second-order valence-corrected chi connectivity index (χ2v) is 8.89. The predicted molar refractivity (Wildman–Crippen MR) is 96.8 cm³/mol. The van der Waals surface area contributed by atoms with Gasteiger partial charge in [0.1, 0.15) is 11.3 Å². The van der Waals surface area contributed by atoms with Crippen molar-refractivity contribution < 1.29 is 27.9 Å². The summed E-state index contributed by atoms with van der Waals surface area (Å²) in [5.41, 5.74) is 0.527. The average Bonchev–Trinajstić information content (AvgIpc) is 2.94. The maximum absolute atomic E-state index is 12.6. The van der Waals surface area contributed by atoms with Gasteiger partial charge in [-0.25, -0.2) is 13.2 Å². The van der Waals surface area contributed by atoms with Crippen LogP contribution in [0, 0.1) is 6.92 Å². The highest BCUT2D eigenvalue weighted by Crippen LogP contribution is 2.23. The number of aromatic hydroxyl groups is 1. The standard InChI is InChI=1S/C18H25NO6S/c1-4-13(3)19(14-8-9-26(23,24)11-14)16(20)10-25-18(22)15-7-5-6-12(2)17(15)21/h5-7,13-14,21H,4,8-11H2,1-3H3. The van der Waals surface area contributed by atoms with Gasteiger partial charge in [0, 0.05) is 12.1 Å². The normalized spacial score (nSPS) is 19.7. The van der Waals surface area contributed by atoms with E-state index >= 15 is 0 Å². The molecule has 144 valence electrons. The lowest BCUT2D eigenvalue weighted by Crippen LogP contribution is -2.48. The molecule has 1 aliphatic heterocycles. The van der Waals surface area contributed by atoms with E-state index in [0.29, 0.717) is 18.4 Å². The molecule has 1 heterocycles. The maximum Gasteiger partial charge on any atom is 0.342 e. The third kappa shape index (κ3) is 4.55. The van der Waals surface area contributed by atoms with Crippen molar-refractivity contribution in [3.05, 3.63) is 29.3 Å². The van der Waals surface area contributed by atoms with Crippen molar-refractivity contribution in [3.63, 3.8) is 0 Å². The van der Waals surface area contributed by atoms with E-state index in [4.69, 9.17) is 4.74 Å². The smallest absolute Gasteiger partial charge is 0.342 e. The zero-order valence-electron chi connectivity index (χ0n) is 15.3. The quantitative estimate of drug-likeness (QED) is 0.750. The summed E-state index contributed by atoms with van der Waals surface area (Å²) in [5, 5.41) is 9.94. The van der Waals surface area contributed by atoms with Crippen LogP contribution in [0.3, 0.4) is 0 Å². The summed E-state index contributed by atoms with van der Waals surface area (Å²) in [6, 6.07) is 4.14. The molecule has 0 spiro atoms. The van der Waals surface area contributed by atoms with Gasteiger partial charge in [-0.15, -0.1) is 0 Å². The van der Waals surface area contributed by atoms with Gasteiger partial charge in [0.15, 0.2) is 16.4 Å². The van der Waals surface area contributed by atoms with Gasteiger partial charge < -0.3 is 14.7 Å². The van der Waals surface area contributed by atoms with Crippen LogP contribution >= 0.6 is 0 Å². The average molecular weight is 383 g/mol. The minimum Gasteiger partial charge on any atom is -0.507 e. The molecule has 1 N–H and O–H groups in total. The molecule has 1 aromatic carbocycles. The number of carbonyl (C=O) groups is 2. The molecule has 26 heavy (non-hydrogen) atoms. The largest absolute Gasteiger partial charge is 0.507 e. The molecule has 1 fully saturated rings. The third-order valence-corrected chi connectivity index (χ3v) is 6.49. The molecular weight excluding hydrogens is 358 g/mol. The fourth-order valence-electron chi connectivity index (χ4n) is 3.10. The topological polar surface area (TPSA) is 101 Å². The van der Waals surface area contributed by atoms with E-state index in [1.54, 1.807) is 19.1 Å². The van der Waals surface area contributed by atoms with Gasteiger partial charge in [0.25, 0.3) is 5.91 Å². The summed E-state index contributed by atoms with van der Waals surface area (Å²) in [6.07, 6.45) is 1.06. The SMILES string of the molecule is CCC(C)N(C(=O)COC(=O)c1cccc(C)c1O)C1CCS(=O)(=O)C1. The van der Waals surface area contributed by atoms with E-state index in [2.05, 4.69) is 0 Å². The molecule has 7 nitrogen and oxygen atoms in total. The molecule has 2 rings (SSSR count). The summed E-state index contributed by atoms with van der Waals surface area (Å²) in [6.45, 7) is 4.91. The lowest BCUT2D eigenvalue weighted by atomic mass is 10.1. The minimum absolute atomic E-state index is 0.00339. The van der Waals surface area contributed by atoms with Crippen molar-refractivity contribution in [2.24, 2.45) is 0 Å². The zero-order valence-corrected chi connectivity index (χ0v) is 16.1. The Balaban J connectivity index is 2.07. The lowest BCUT2D eigenvalue weighted by Gasteiger charge is -2.33. The van der Waals surface area contributed by atoms with Gasteiger partial charge in [0.05, 0.1) is 11.5 Å². The minimum atomic E-state index is -3.14. The zero-order chi connectivity index (χ0) is 19.5. The number of amides is 1. The second-order valence-electron chi connectivity index (χ2n) is 6.66. The number of hydrogen-bond acceptors (Lipinski definition) is 6. The van der Waals surface area contributed by atoms with Crippen molar-refractivity contribution in [3.8, 4) is 5.75 Å². The summed E-state index contributed by atoms with van der Waals surface area (Å²) < 4.78 is 28.6. The molecule has 0 saturated carbocycles. The van der Waals surface area contributed by atoms with Gasteiger partial charge in [0.2, 0.25) is 0 Å². The summed E-state index contributed by atoms with van der Waals surface area (Å²) in [4.78, 5) is 26.3. The van der Waals surface area contributed by atoms with Crippen LogP contribution in [0.5, 0.6) is 5.75 Å². The Morgan fingerprint density at radius 2 is 2.08 bits per heavy atom. The number of rotatable bonds is 6. The number of para-hydroxylation sites is 1. The molecule has 0 aliphatic carbocycles. The van der Waals surface area contributed by atoms with Crippen LogP contribution in [0.2, 0.25) is 0 Å². The van der Waals surface area contributed by atoms with Crippen LogP contribution in [0.25, 0.3) is 0 Å². The van der Waals surface area contributed by atoms with Gasteiger partial charge >= 0.3 is 5.97 Å². The predicted octanol–water partition coefficient (Wildman–Crippen LogP) is 1.67. The van der Waals surface area contributed by atoms with Gasteiger partial charge in [-0.2, -0.15) is 0 Å². The lowest BCUT2D eigenvalue weighted by molar-refractivity contribution is -0.138. The van der Waals surface area contributed by atoms with Crippen LogP contribution in [0.15, 0.2) is 18.2 Å². The van der Waals surface area contributed by atoms with Crippen molar-refractivity contribution in [2.75, 3.05) is 18.1 Å². The maximum atomic E-state index is 12.6. The molecule has 1 aliphatic rings.